The van der Waals surface area contributed by atoms with Crippen LogP contribution in [0.2, 0.25) is 0 Å². The molecular weight excluding hydrogens is 518 g/mol. The van der Waals surface area contributed by atoms with Crippen LogP contribution in [-0.2, 0) is 6.42 Å². The van der Waals surface area contributed by atoms with Gasteiger partial charge < -0.3 is 13.6 Å². The van der Waals surface area contributed by atoms with E-state index >= 15 is 0 Å². The summed E-state index contributed by atoms with van der Waals surface area (Å²) in [6.45, 7) is 12.6. The molecule has 1 aliphatic carbocycles. The fraction of sp³-hybridized carbons (Fsp3) is 0.235. The third kappa shape index (κ3) is 6.55. The summed E-state index contributed by atoms with van der Waals surface area (Å²) in [6, 6.07) is 21.7. The van der Waals surface area contributed by atoms with E-state index in [1.165, 1.54) is 38.7 Å². The maximum atomic E-state index is 6.61. The molecule has 0 amide bonds. The Bertz CT molecular complexity index is 1530. The fourth-order valence-electron chi connectivity index (χ4n) is 5.28. The number of hydrogen-bond acceptors (Lipinski definition) is 3. The molecule has 39 heavy (non-hydrogen) atoms. The average Bonchev–Trinajstić information content (AvgIpc) is 2.88. The maximum Gasteiger partial charge on any atom is 0.275 e. The molecule has 3 nitrogen and oxygen atoms in total. The van der Waals surface area contributed by atoms with Gasteiger partial charge in [-0.15, -0.1) is 0 Å². The van der Waals surface area contributed by atoms with Crippen LogP contribution in [0.25, 0.3) is 17.2 Å². The summed E-state index contributed by atoms with van der Waals surface area (Å²) in [5, 5.41) is 1.20. The molecule has 4 aromatic carbocycles. The van der Waals surface area contributed by atoms with Gasteiger partial charge in [0.15, 0.2) is 0 Å². The van der Waals surface area contributed by atoms with Crippen molar-refractivity contribution in [3.05, 3.63) is 111 Å². The molecule has 0 saturated heterocycles. The van der Waals surface area contributed by atoms with Crippen LogP contribution in [0, 0.1) is 41.5 Å². The van der Waals surface area contributed by atoms with Crippen molar-refractivity contribution >= 4 is 29.2 Å². The molecule has 0 spiro atoms. The molecule has 0 aromatic heterocycles. The number of aryl methyl sites for hydroxylation is 7. The van der Waals surface area contributed by atoms with Crippen LogP contribution >= 0.6 is 17.8 Å². The highest BCUT2D eigenvalue weighted by Crippen LogP contribution is 2.45. The third-order valence-corrected chi connectivity index (χ3v) is 8.38. The standard InChI is InChI=1S/C34H36O3P2/c1-21-13-22(2)17-29(16-21)35-39-37-34-26(6)15-24(4)19-32(34)31-18-23(3)14-25(5)33(31)36-38-30-12-11-27-9-7-8-10-28(27)20-30/h8,10-20,38-39H,7,9H2,1-6H3. The predicted octanol–water partition coefficient (Wildman–Crippen LogP) is 9.43. The third-order valence-electron chi connectivity index (χ3n) is 6.92. The Hall–Kier alpha value is -3.12. The summed E-state index contributed by atoms with van der Waals surface area (Å²) in [6.07, 6.45) is 6.72. The first kappa shape index (κ1) is 27.4. The molecule has 4 aromatic rings. The van der Waals surface area contributed by atoms with Crippen LogP contribution in [0.5, 0.6) is 17.2 Å². The minimum absolute atomic E-state index is 0.159. The average molecular weight is 555 g/mol. The van der Waals surface area contributed by atoms with Gasteiger partial charge in [-0.25, -0.2) is 0 Å². The topological polar surface area (TPSA) is 27.7 Å². The number of allylic oxidation sites excluding steroid dienone is 1. The lowest BCUT2D eigenvalue weighted by molar-refractivity contribution is 0.513. The summed E-state index contributed by atoms with van der Waals surface area (Å²) in [4.78, 5) is 0. The highest BCUT2D eigenvalue weighted by molar-refractivity contribution is 7.42. The van der Waals surface area contributed by atoms with Gasteiger partial charge in [-0.3, -0.25) is 0 Å². The van der Waals surface area contributed by atoms with Gasteiger partial charge in [-0.2, -0.15) is 0 Å². The van der Waals surface area contributed by atoms with E-state index in [0.717, 1.165) is 52.3 Å². The summed E-state index contributed by atoms with van der Waals surface area (Å²) < 4.78 is 19.0. The SMILES string of the molecule is Cc1cc(C)cc(OPOc2c(C)cc(C)cc2-c2cc(C)cc(C)c2OPc2ccc3c(c2)C=CCC3)c1. The van der Waals surface area contributed by atoms with Gasteiger partial charge >= 0.3 is 0 Å². The van der Waals surface area contributed by atoms with Crippen molar-refractivity contribution in [1.82, 2.24) is 0 Å². The Labute approximate surface area is 236 Å². The van der Waals surface area contributed by atoms with Gasteiger partial charge in [-0.05, 0) is 129 Å². The molecule has 200 valence electrons. The molecule has 5 rings (SSSR count). The Balaban J connectivity index is 1.45. The van der Waals surface area contributed by atoms with Crippen molar-refractivity contribution in [2.75, 3.05) is 0 Å². The van der Waals surface area contributed by atoms with E-state index in [0.29, 0.717) is 0 Å². The lowest BCUT2D eigenvalue weighted by atomic mass is 9.95. The minimum Gasteiger partial charge on any atom is -0.472 e. The van der Waals surface area contributed by atoms with E-state index in [4.69, 9.17) is 13.6 Å². The van der Waals surface area contributed by atoms with Crippen LogP contribution in [0.3, 0.4) is 0 Å². The molecule has 2 unspecified atom stereocenters. The first-order valence-corrected chi connectivity index (χ1v) is 15.1. The van der Waals surface area contributed by atoms with Crippen LogP contribution in [0.1, 0.15) is 50.9 Å². The van der Waals surface area contributed by atoms with E-state index in [-0.39, 0.29) is 17.8 Å². The van der Waals surface area contributed by atoms with E-state index in [1.54, 1.807) is 0 Å². The zero-order valence-corrected chi connectivity index (χ0v) is 25.6. The Kier molecular flexibility index (Phi) is 8.41. The maximum absolute atomic E-state index is 6.61. The Morgan fingerprint density at radius 3 is 1.90 bits per heavy atom. The lowest BCUT2D eigenvalue weighted by Gasteiger charge is -2.20. The van der Waals surface area contributed by atoms with Crippen LogP contribution < -0.4 is 18.9 Å². The van der Waals surface area contributed by atoms with Gasteiger partial charge in [0.1, 0.15) is 26.1 Å². The molecule has 0 fully saturated rings. The molecular formula is C34H36O3P2. The molecule has 1 aliphatic rings. The summed E-state index contributed by atoms with van der Waals surface area (Å²) in [5.74, 6) is 2.56. The normalized spacial score (nSPS) is 12.9. The van der Waals surface area contributed by atoms with Gasteiger partial charge in [0, 0.05) is 16.4 Å². The Morgan fingerprint density at radius 1 is 0.615 bits per heavy atom. The molecule has 2 atom stereocenters. The van der Waals surface area contributed by atoms with Gasteiger partial charge in [0.25, 0.3) is 9.03 Å². The first-order chi connectivity index (χ1) is 18.8. The van der Waals surface area contributed by atoms with Crippen molar-refractivity contribution in [1.29, 1.82) is 0 Å². The second-order valence-electron chi connectivity index (χ2n) is 10.6. The summed E-state index contributed by atoms with van der Waals surface area (Å²) in [7, 11) is 0.0517. The number of rotatable bonds is 8. The predicted molar refractivity (Wildman–Crippen MR) is 169 cm³/mol. The molecule has 0 heterocycles. The van der Waals surface area contributed by atoms with Gasteiger partial charge in [0.05, 0.1) is 0 Å². The highest BCUT2D eigenvalue weighted by atomic mass is 31.1. The zero-order chi connectivity index (χ0) is 27.5. The van der Waals surface area contributed by atoms with E-state index in [2.05, 4.69) is 102 Å². The molecule has 5 heteroatoms. The van der Waals surface area contributed by atoms with E-state index in [1.807, 2.05) is 12.1 Å². The number of benzene rings is 4. The van der Waals surface area contributed by atoms with Gasteiger partial charge in [-0.1, -0.05) is 42.5 Å². The number of fused-ring (bicyclic) bond motifs is 1. The lowest BCUT2D eigenvalue weighted by Crippen LogP contribution is -2.03. The first-order valence-electron chi connectivity index (χ1n) is 13.4. The fourth-order valence-corrected chi connectivity index (χ4v) is 6.75. The smallest absolute Gasteiger partial charge is 0.275 e. The van der Waals surface area contributed by atoms with Crippen molar-refractivity contribution in [2.45, 2.75) is 54.4 Å². The zero-order valence-electron chi connectivity index (χ0n) is 23.6. The van der Waals surface area contributed by atoms with Crippen molar-refractivity contribution in [2.24, 2.45) is 0 Å². The second kappa shape index (κ2) is 12.0. The summed E-state index contributed by atoms with van der Waals surface area (Å²) in [5.41, 5.74) is 11.7. The van der Waals surface area contributed by atoms with E-state index in [9.17, 15) is 0 Å². The molecule has 0 saturated carbocycles. The van der Waals surface area contributed by atoms with E-state index < -0.39 is 0 Å². The van der Waals surface area contributed by atoms with Crippen LogP contribution in [-0.4, -0.2) is 0 Å². The minimum atomic E-state index is -0.159. The second-order valence-corrected chi connectivity index (χ2v) is 12.1. The largest absolute Gasteiger partial charge is 0.472 e. The molecule has 0 N–H and O–H groups in total. The molecule has 0 bridgehead atoms. The molecule has 0 radical (unpaired) electrons. The van der Waals surface area contributed by atoms with Crippen molar-refractivity contribution in [3.63, 3.8) is 0 Å². The van der Waals surface area contributed by atoms with Gasteiger partial charge in [0.2, 0.25) is 0 Å². The van der Waals surface area contributed by atoms with Crippen LogP contribution in [0.15, 0.2) is 66.7 Å². The number of hydrogen-bond donors (Lipinski definition) is 0. The summed E-state index contributed by atoms with van der Waals surface area (Å²) >= 11 is 0. The highest BCUT2D eigenvalue weighted by Gasteiger charge is 2.19. The quantitative estimate of drug-likeness (QED) is 0.203. The monoisotopic (exact) mass is 554 g/mol. The molecule has 0 aliphatic heterocycles. The van der Waals surface area contributed by atoms with Crippen molar-refractivity contribution < 1.29 is 13.6 Å². The van der Waals surface area contributed by atoms with Crippen molar-refractivity contribution in [3.8, 4) is 28.4 Å². The van der Waals surface area contributed by atoms with Crippen LogP contribution in [0.4, 0.5) is 0 Å². The Morgan fingerprint density at radius 2 is 1.23 bits per heavy atom.